The number of benzene rings is 2. The van der Waals surface area contributed by atoms with Gasteiger partial charge in [-0.3, -0.25) is 0 Å². The quantitative estimate of drug-likeness (QED) is 0.681. The van der Waals surface area contributed by atoms with Gasteiger partial charge in [-0.1, -0.05) is 23.7 Å². The monoisotopic (exact) mass is 406 g/mol. The number of aliphatic imine (C=N–C) groups is 1. The van der Waals surface area contributed by atoms with E-state index in [2.05, 4.69) is 40.4 Å². The molecule has 0 aliphatic carbocycles. The second kappa shape index (κ2) is 10.1. The van der Waals surface area contributed by atoms with E-state index in [0.717, 1.165) is 54.6 Å². The van der Waals surface area contributed by atoms with Crippen molar-refractivity contribution in [1.29, 1.82) is 0 Å². The number of fused-ring (bicyclic) bond motifs is 2. The van der Waals surface area contributed by atoms with Gasteiger partial charge in [0.15, 0.2) is 0 Å². The number of anilines is 2. The number of hydrogen-bond donors (Lipinski definition) is 1. The molecular weight excluding hydrogens is 386 g/mol. The third kappa shape index (κ3) is 5.19. The zero-order valence-electron chi connectivity index (χ0n) is 13.1. The van der Waals surface area contributed by atoms with Crippen LogP contribution in [0.2, 0.25) is 5.02 Å². The predicted octanol–water partition coefficient (Wildman–Crippen LogP) is 2.43. The molecule has 0 atom stereocenters. The maximum atomic E-state index is 6.18. The van der Waals surface area contributed by atoms with Crippen LogP contribution in [0, 0.1) is 0 Å². The van der Waals surface area contributed by atoms with Crippen LogP contribution >= 0.6 is 11.6 Å². The average molecular weight is 407 g/mol. The summed E-state index contributed by atoms with van der Waals surface area (Å²) in [6.07, 6.45) is 0. The van der Waals surface area contributed by atoms with Crippen LogP contribution in [0.3, 0.4) is 0 Å². The van der Waals surface area contributed by atoms with Gasteiger partial charge < -0.3 is 15.1 Å². The molecule has 7 heteroatoms. The molecule has 0 aromatic heterocycles. The van der Waals surface area contributed by atoms with Gasteiger partial charge in [-0.15, -0.1) is 0 Å². The minimum atomic E-state index is 0. The Morgan fingerprint density at radius 2 is 1.68 bits per heavy atom. The summed E-state index contributed by atoms with van der Waals surface area (Å²) < 4.78 is 0. The maximum absolute atomic E-state index is 6.18. The topological polar surface area (TPSA) is 30.9 Å². The van der Waals surface area contributed by atoms with Gasteiger partial charge in [0.1, 0.15) is 5.84 Å². The molecule has 2 aromatic rings. The van der Waals surface area contributed by atoms with Crippen molar-refractivity contribution < 1.29 is 0 Å². The summed E-state index contributed by atoms with van der Waals surface area (Å²) in [5.41, 5.74) is 4.12. The number of halogens is 1. The third-order valence-corrected chi connectivity index (χ3v) is 4.66. The number of likely N-dealkylation sites (N-methyl/N-ethyl adjacent to an activating group) is 1. The van der Waals surface area contributed by atoms with Gasteiger partial charge in [-0.05, 0) is 37.4 Å². The summed E-state index contributed by atoms with van der Waals surface area (Å²) in [5.74, 6) is 1.03. The van der Waals surface area contributed by atoms with Crippen LogP contribution in [0.5, 0.6) is 0 Å². The van der Waals surface area contributed by atoms with Crippen molar-refractivity contribution in [2.45, 2.75) is 0 Å². The number of nitrogens with one attached hydrogen (secondary N) is 1. The number of para-hydroxylation sites is 1. The Kier molecular flexibility index (Phi) is 9.13. The number of rotatable bonds is 0. The van der Waals surface area contributed by atoms with E-state index in [9.17, 15) is 0 Å². The molecule has 0 saturated carbocycles. The number of amidine groups is 1. The molecule has 4 nitrogen and oxygen atoms in total. The van der Waals surface area contributed by atoms with E-state index in [0.29, 0.717) is 5.02 Å². The molecule has 2 heterocycles. The van der Waals surface area contributed by atoms with Crippen LogP contribution < -0.4 is 5.32 Å². The molecule has 2 aliphatic heterocycles. The standard InChI is InChI=1S/C18H19ClN4.2K.2H/c1-22-8-10-23(11-9-22)18-14-4-2-3-5-15(14)20-16-7-6-13(19)12-17(16)21-18;;;;/h2-7,12,20H,8-11H2,1H3;;;;. The molecular formula is C18H21ClK2N4. The van der Waals surface area contributed by atoms with Crippen molar-refractivity contribution in [3.8, 4) is 0 Å². The summed E-state index contributed by atoms with van der Waals surface area (Å²) in [7, 11) is 2.16. The Bertz CT molecular complexity index is 773. The van der Waals surface area contributed by atoms with Gasteiger partial charge in [0.05, 0.1) is 11.4 Å². The van der Waals surface area contributed by atoms with E-state index in [1.807, 2.05) is 24.3 Å². The summed E-state index contributed by atoms with van der Waals surface area (Å²) in [6, 6.07) is 14.2. The first kappa shape index (κ1) is 22.5. The van der Waals surface area contributed by atoms with E-state index >= 15 is 0 Å². The fraction of sp³-hybridized carbons (Fsp3) is 0.278. The predicted molar refractivity (Wildman–Crippen MR) is 111 cm³/mol. The molecule has 1 N–H and O–H groups in total. The molecule has 122 valence electrons. The zero-order valence-corrected chi connectivity index (χ0v) is 13.8. The minimum absolute atomic E-state index is 0. The summed E-state index contributed by atoms with van der Waals surface area (Å²) in [4.78, 5) is 9.69. The van der Waals surface area contributed by atoms with E-state index in [1.54, 1.807) is 0 Å². The second-order valence-electron chi connectivity index (χ2n) is 6.06. The van der Waals surface area contributed by atoms with Crippen molar-refractivity contribution in [1.82, 2.24) is 9.80 Å². The molecule has 2 aliphatic rings. The summed E-state index contributed by atoms with van der Waals surface area (Å²) in [5, 5.41) is 4.20. The molecule has 0 bridgehead atoms. The number of piperazine rings is 1. The molecule has 1 saturated heterocycles. The Balaban J connectivity index is 0.00000113. The average Bonchev–Trinajstić information content (AvgIpc) is 2.72. The van der Waals surface area contributed by atoms with E-state index in [-0.39, 0.29) is 103 Å². The molecule has 0 spiro atoms. The van der Waals surface area contributed by atoms with Crippen LogP contribution in [-0.2, 0) is 0 Å². The van der Waals surface area contributed by atoms with Gasteiger partial charge in [0.25, 0.3) is 0 Å². The van der Waals surface area contributed by atoms with Crippen molar-refractivity contribution in [3.05, 3.63) is 53.1 Å². The Morgan fingerprint density at radius 1 is 0.960 bits per heavy atom. The van der Waals surface area contributed by atoms with Crippen LogP contribution in [-0.4, -0.2) is 152 Å². The first-order valence-corrected chi connectivity index (χ1v) is 8.27. The second-order valence-corrected chi connectivity index (χ2v) is 6.49. The fourth-order valence-corrected chi connectivity index (χ4v) is 3.24. The van der Waals surface area contributed by atoms with Crippen LogP contribution in [0.15, 0.2) is 47.5 Å². The van der Waals surface area contributed by atoms with Gasteiger partial charge in [0.2, 0.25) is 0 Å². The number of nitrogens with zero attached hydrogens (tertiary/aromatic N) is 3. The van der Waals surface area contributed by atoms with Crippen molar-refractivity contribution >= 4 is 137 Å². The van der Waals surface area contributed by atoms with Crippen molar-refractivity contribution in [3.63, 3.8) is 0 Å². The molecule has 0 radical (unpaired) electrons. The van der Waals surface area contributed by atoms with Gasteiger partial charge in [-0.25, -0.2) is 4.99 Å². The van der Waals surface area contributed by atoms with Gasteiger partial charge in [-0.2, -0.15) is 0 Å². The number of hydrogen-bond acceptors (Lipinski definition) is 4. The summed E-state index contributed by atoms with van der Waals surface area (Å²) in [6.45, 7) is 4.08. The normalized spacial score (nSPS) is 16.2. The van der Waals surface area contributed by atoms with Gasteiger partial charge >= 0.3 is 103 Å². The van der Waals surface area contributed by atoms with E-state index in [1.165, 1.54) is 0 Å². The zero-order chi connectivity index (χ0) is 15.8. The van der Waals surface area contributed by atoms with Crippen molar-refractivity contribution in [2.24, 2.45) is 4.99 Å². The Morgan fingerprint density at radius 3 is 2.44 bits per heavy atom. The fourth-order valence-electron chi connectivity index (χ4n) is 3.07. The molecule has 2 aromatic carbocycles. The molecule has 0 amide bonds. The van der Waals surface area contributed by atoms with Gasteiger partial charge in [0, 0.05) is 42.5 Å². The molecule has 0 unspecified atom stereocenters. The van der Waals surface area contributed by atoms with E-state index < -0.39 is 0 Å². The third-order valence-electron chi connectivity index (χ3n) is 4.43. The Hall–Kier alpha value is 1.23. The van der Waals surface area contributed by atoms with Crippen LogP contribution in [0.1, 0.15) is 5.56 Å². The van der Waals surface area contributed by atoms with Crippen molar-refractivity contribution in [2.75, 3.05) is 38.5 Å². The molecule has 4 rings (SSSR count). The van der Waals surface area contributed by atoms with Crippen LogP contribution in [0.25, 0.3) is 0 Å². The molecule has 25 heavy (non-hydrogen) atoms. The summed E-state index contributed by atoms with van der Waals surface area (Å²) >= 11 is 6.18. The van der Waals surface area contributed by atoms with Crippen LogP contribution in [0.4, 0.5) is 17.1 Å². The first-order chi connectivity index (χ1) is 11.2. The first-order valence-electron chi connectivity index (χ1n) is 7.89. The SMILES string of the molecule is CN1CCN(C2=Nc3cc(Cl)ccc3Nc3ccccc32)CC1.[KH].[KH]. The molecule has 1 fully saturated rings. The van der Waals surface area contributed by atoms with E-state index in [4.69, 9.17) is 16.6 Å². The Labute approximate surface area is 239 Å².